The molecule has 1 aliphatic carbocycles. The van der Waals surface area contributed by atoms with E-state index in [0.29, 0.717) is 24.5 Å². The minimum Gasteiger partial charge on any atom is -0.494 e. The minimum atomic E-state index is -4.71. The number of anilines is 2. The quantitative estimate of drug-likeness (QED) is 0.386. The molecule has 0 saturated heterocycles. The monoisotopic (exact) mass is 432 g/mol. The average molecular weight is 432 g/mol. The number of nitrogens with zero attached hydrogens (tertiary/aromatic N) is 2. The number of fused-ring (bicyclic) bond motifs is 3. The van der Waals surface area contributed by atoms with Gasteiger partial charge in [-0.3, -0.25) is 5.10 Å². The van der Waals surface area contributed by atoms with Crippen molar-refractivity contribution in [2.45, 2.75) is 19.2 Å². The zero-order valence-electron chi connectivity index (χ0n) is 17.2. The van der Waals surface area contributed by atoms with Crippen LogP contribution < -0.4 is 14.8 Å². The molecule has 0 spiro atoms. The number of alkyl halides is 3. The van der Waals surface area contributed by atoms with Crippen LogP contribution in [0.3, 0.4) is 0 Å². The molecule has 164 valence electrons. The van der Waals surface area contributed by atoms with Crippen molar-refractivity contribution in [3.63, 3.8) is 0 Å². The van der Waals surface area contributed by atoms with Gasteiger partial charge in [0.15, 0.2) is 5.82 Å². The lowest BCUT2D eigenvalue weighted by molar-refractivity contribution is -0.274. The number of halogens is 3. The molecular weight excluding hydrogens is 409 g/mol. The fourth-order valence-electron chi connectivity index (χ4n) is 3.55. The number of benzene rings is 2. The van der Waals surface area contributed by atoms with E-state index >= 15 is 0 Å². The summed E-state index contributed by atoms with van der Waals surface area (Å²) < 4.78 is 46.7. The fourth-order valence-corrected chi connectivity index (χ4v) is 3.55. The molecule has 0 bridgehead atoms. The van der Waals surface area contributed by atoms with Gasteiger partial charge >= 0.3 is 6.36 Å². The second kappa shape index (κ2) is 8.50. The summed E-state index contributed by atoms with van der Waals surface area (Å²) in [5.74, 6) is 1.21. The Balaban J connectivity index is 1.42. The number of H-pyrrole nitrogens is 1. The van der Waals surface area contributed by atoms with Gasteiger partial charge in [0, 0.05) is 29.8 Å². The Kier molecular flexibility index (Phi) is 5.77. The lowest BCUT2D eigenvalue weighted by Gasteiger charge is -2.11. The highest BCUT2D eigenvalue weighted by atomic mass is 19.4. The average Bonchev–Trinajstić information content (AvgIpc) is 3.25. The molecule has 0 saturated carbocycles. The number of nitrogens with one attached hydrogen (secondary N) is 2. The SMILES string of the molecule is CN(C)CCCOc1ccc2c(c1)Cc1c(Nc3ccc(OC(F)(F)F)cc3)n[nH]c1-2. The van der Waals surface area contributed by atoms with Crippen LogP contribution in [-0.4, -0.2) is 48.7 Å². The predicted octanol–water partition coefficient (Wildman–Crippen LogP) is 4.95. The topological polar surface area (TPSA) is 62.4 Å². The number of aromatic nitrogens is 2. The second-order valence-electron chi connectivity index (χ2n) is 7.62. The lowest BCUT2D eigenvalue weighted by atomic mass is 10.1. The first-order valence-electron chi connectivity index (χ1n) is 9.89. The van der Waals surface area contributed by atoms with Crippen molar-refractivity contribution < 1.29 is 22.6 Å². The van der Waals surface area contributed by atoms with Gasteiger partial charge in [-0.1, -0.05) is 0 Å². The van der Waals surface area contributed by atoms with Crippen LogP contribution in [0.4, 0.5) is 24.7 Å². The van der Waals surface area contributed by atoms with Gasteiger partial charge < -0.3 is 19.7 Å². The summed E-state index contributed by atoms with van der Waals surface area (Å²) in [6.07, 6.45) is -3.07. The smallest absolute Gasteiger partial charge is 0.494 e. The first kappa shape index (κ1) is 21.0. The van der Waals surface area contributed by atoms with Gasteiger partial charge in [0.05, 0.1) is 12.3 Å². The van der Waals surface area contributed by atoms with Gasteiger partial charge in [0.25, 0.3) is 0 Å². The molecule has 0 aliphatic heterocycles. The van der Waals surface area contributed by atoms with E-state index < -0.39 is 6.36 Å². The minimum absolute atomic E-state index is 0.268. The molecule has 0 atom stereocenters. The van der Waals surface area contributed by atoms with Gasteiger partial charge in [-0.25, -0.2) is 0 Å². The van der Waals surface area contributed by atoms with E-state index in [1.165, 1.54) is 24.3 Å². The molecule has 6 nitrogen and oxygen atoms in total. The lowest BCUT2D eigenvalue weighted by Crippen LogP contribution is -2.16. The number of hydrogen-bond acceptors (Lipinski definition) is 5. The summed E-state index contributed by atoms with van der Waals surface area (Å²) in [5, 5.41) is 10.5. The number of aromatic amines is 1. The third kappa shape index (κ3) is 5.11. The van der Waals surface area contributed by atoms with Gasteiger partial charge in [-0.15, -0.1) is 13.2 Å². The standard InChI is InChI=1S/C22H23F3N4O2/c1-29(2)10-3-11-30-17-8-9-18-14(12-17)13-19-20(18)27-28-21(19)26-15-4-6-16(7-5-15)31-22(23,24)25/h4-9,12H,3,10-11,13H2,1-2H3,(H2,26,27,28). The predicted molar refractivity (Wildman–Crippen MR) is 112 cm³/mol. The van der Waals surface area contributed by atoms with Crippen molar-refractivity contribution in [3.05, 3.63) is 53.6 Å². The second-order valence-corrected chi connectivity index (χ2v) is 7.62. The normalized spacial score (nSPS) is 12.6. The Labute approximate surface area is 178 Å². The fraction of sp³-hybridized carbons (Fsp3) is 0.318. The molecule has 0 radical (unpaired) electrons. The van der Waals surface area contributed by atoms with Crippen molar-refractivity contribution in [1.82, 2.24) is 15.1 Å². The first-order valence-corrected chi connectivity index (χ1v) is 9.89. The van der Waals surface area contributed by atoms with Crippen molar-refractivity contribution in [2.24, 2.45) is 0 Å². The van der Waals surface area contributed by atoms with E-state index in [9.17, 15) is 13.2 Å². The molecule has 2 aromatic carbocycles. The van der Waals surface area contributed by atoms with Gasteiger partial charge in [-0.2, -0.15) is 5.10 Å². The van der Waals surface area contributed by atoms with Crippen LogP contribution in [0.2, 0.25) is 0 Å². The largest absolute Gasteiger partial charge is 0.573 e. The number of rotatable bonds is 8. The van der Waals surface area contributed by atoms with Gasteiger partial charge in [0.1, 0.15) is 11.5 Å². The van der Waals surface area contributed by atoms with Crippen molar-refractivity contribution in [2.75, 3.05) is 32.6 Å². The highest BCUT2D eigenvalue weighted by Gasteiger charge is 2.31. The Bertz CT molecular complexity index is 1050. The van der Waals surface area contributed by atoms with Crippen LogP contribution in [0.1, 0.15) is 17.5 Å². The molecular formula is C22H23F3N4O2. The van der Waals surface area contributed by atoms with Crippen LogP contribution in [-0.2, 0) is 6.42 Å². The van der Waals surface area contributed by atoms with E-state index in [2.05, 4.69) is 25.2 Å². The molecule has 0 fully saturated rings. The van der Waals surface area contributed by atoms with Gasteiger partial charge in [-0.05, 0) is 68.5 Å². The molecule has 1 heterocycles. The number of ether oxygens (including phenoxy) is 2. The van der Waals surface area contributed by atoms with E-state index in [4.69, 9.17) is 4.74 Å². The molecule has 9 heteroatoms. The van der Waals surface area contributed by atoms with Crippen LogP contribution in [0.15, 0.2) is 42.5 Å². The summed E-state index contributed by atoms with van der Waals surface area (Å²) in [5.41, 5.74) is 4.78. The third-order valence-corrected chi connectivity index (χ3v) is 4.95. The Morgan fingerprint density at radius 2 is 1.84 bits per heavy atom. The Morgan fingerprint density at radius 3 is 2.55 bits per heavy atom. The maximum atomic E-state index is 12.3. The zero-order chi connectivity index (χ0) is 22.0. The van der Waals surface area contributed by atoms with Crippen LogP contribution in [0, 0.1) is 0 Å². The van der Waals surface area contributed by atoms with E-state index in [1.54, 1.807) is 0 Å². The summed E-state index contributed by atoms with van der Waals surface area (Å²) in [4.78, 5) is 2.12. The van der Waals surface area contributed by atoms with E-state index in [1.807, 2.05) is 32.3 Å². The summed E-state index contributed by atoms with van der Waals surface area (Å²) in [6.45, 7) is 1.63. The molecule has 3 aromatic rings. The number of hydrogen-bond donors (Lipinski definition) is 2. The highest BCUT2D eigenvalue weighted by Crippen LogP contribution is 2.41. The summed E-state index contributed by atoms with van der Waals surface area (Å²) in [7, 11) is 4.07. The maximum Gasteiger partial charge on any atom is 0.573 e. The zero-order valence-corrected chi connectivity index (χ0v) is 17.2. The van der Waals surface area contributed by atoms with Crippen LogP contribution in [0.5, 0.6) is 11.5 Å². The molecule has 0 unspecified atom stereocenters. The molecule has 1 aliphatic rings. The Morgan fingerprint density at radius 1 is 1.10 bits per heavy atom. The Hall–Kier alpha value is -3.20. The van der Waals surface area contributed by atoms with Crippen molar-refractivity contribution in [1.29, 1.82) is 0 Å². The van der Waals surface area contributed by atoms with Crippen molar-refractivity contribution in [3.8, 4) is 22.8 Å². The van der Waals surface area contributed by atoms with Crippen LogP contribution in [0.25, 0.3) is 11.3 Å². The van der Waals surface area contributed by atoms with Crippen LogP contribution >= 0.6 is 0 Å². The third-order valence-electron chi connectivity index (χ3n) is 4.95. The van der Waals surface area contributed by atoms with E-state index in [-0.39, 0.29) is 5.75 Å². The summed E-state index contributed by atoms with van der Waals surface area (Å²) >= 11 is 0. The van der Waals surface area contributed by atoms with Gasteiger partial charge in [0.2, 0.25) is 0 Å². The molecule has 2 N–H and O–H groups in total. The molecule has 0 amide bonds. The highest BCUT2D eigenvalue weighted by molar-refractivity contribution is 5.80. The summed E-state index contributed by atoms with van der Waals surface area (Å²) in [6, 6.07) is 11.6. The molecule has 4 rings (SSSR count). The van der Waals surface area contributed by atoms with E-state index in [0.717, 1.165) is 41.1 Å². The van der Waals surface area contributed by atoms with Crippen molar-refractivity contribution >= 4 is 11.5 Å². The molecule has 1 aromatic heterocycles. The first-order chi connectivity index (χ1) is 14.8. The molecule has 31 heavy (non-hydrogen) atoms. The maximum absolute atomic E-state index is 12.3.